The normalized spacial score (nSPS) is 11.2. The van der Waals surface area contributed by atoms with Gasteiger partial charge in [0.05, 0.1) is 17.6 Å². The molecule has 0 bridgehead atoms. The largest absolute Gasteiger partial charge is 0.496 e. The van der Waals surface area contributed by atoms with E-state index in [0.29, 0.717) is 11.4 Å². The average molecular weight is 310 g/mol. The molecule has 0 aliphatic rings. The van der Waals surface area contributed by atoms with Crippen molar-refractivity contribution in [2.24, 2.45) is 5.73 Å². The van der Waals surface area contributed by atoms with Gasteiger partial charge in [-0.25, -0.2) is 0 Å². The van der Waals surface area contributed by atoms with Crippen molar-refractivity contribution < 1.29 is 9.53 Å². The van der Waals surface area contributed by atoms with Gasteiger partial charge in [0.2, 0.25) is 5.91 Å². The van der Waals surface area contributed by atoms with Crippen LogP contribution in [0.2, 0.25) is 0 Å². The van der Waals surface area contributed by atoms with E-state index in [-0.39, 0.29) is 18.3 Å². The molecule has 0 saturated carbocycles. The topological polar surface area (TPSA) is 64.3 Å². The van der Waals surface area contributed by atoms with Crippen molar-refractivity contribution in [1.82, 2.24) is 0 Å². The first-order valence-corrected chi connectivity index (χ1v) is 5.24. The molecule has 0 aliphatic heterocycles. The zero-order valence-corrected chi connectivity index (χ0v) is 11.4. The Balaban J connectivity index is 0.00000225. The predicted molar refractivity (Wildman–Crippen MR) is 70.2 cm³/mol. The third-order valence-electron chi connectivity index (χ3n) is 1.83. The molecule has 0 saturated heterocycles. The average Bonchev–Trinajstić information content (AvgIpc) is 2.18. The standard InChI is InChI=1S/C10H13BrN2O2.ClH/c1-6(12)10(14)13-7-3-4-9(15-2)8(11)5-7;/h3-6H,12H2,1-2H3,(H,13,14);1H. The molecule has 1 unspecified atom stereocenters. The Kier molecular flexibility index (Phi) is 6.40. The maximum Gasteiger partial charge on any atom is 0.240 e. The minimum Gasteiger partial charge on any atom is -0.496 e. The molecule has 0 spiro atoms. The van der Waals surface area contributed by atoms with E-state index < -0.39 is 6.04 Å². The molecular formula is C10H14BrClN2O2. The van der Waals surface area contributed by atoms with Crippen LogP contribution in [-0.2, 0) is 4.79 Å². The van der Waals surface area contributed by atoms with Crippen LogP contribution in [0.25, 0.3) is 0 Å². The Labute approximate surface area is 109 Å². The number of hydrogen-bond donors (Lipinski definition) is 2. The number of carbonyl (C=O) groups is 1. The van der Waals surface area contributed by atoms with Gasteiger partial charge in [-0.1, -0.05) is 0 Å². The SMILES string of the molecule is COc1ccc(NC(=O)C(C)N)cc1Br.Cl. The smallest absolute Gasteiger partial charge is 0.240 e. The van der Waals surface area contributed by atoms with E-state index in [1.165, 1.54) is 0 Å². The van der Waals surface area contributed by atoms with Gasteiger partial charge in [0, 0.05) is 5.69 Å². The Morgan fingerprint density at radius 1 is 1.56 bits per heavy atom. The van der Waals surface area contributed by atoms with E-state index in [0.717, 1.165) is 4.47 Å². The van der Waals surface area contributed by atoms with Gasteiger partial charge in [-0.2, -0.15) is 0 Å². The van der Waals surface area contributed by atoms with Crippen molar-refractivity contribution in [2.45, 2.75) is 13.0 Å². The summed E-state index contributed by atoms with van der Waals surface area (Å²) >= 11 is 3.33. The molecule has 0 heterocycles. The molecule has 4 nitrogen and oxygen atoms in total. The number of rotatable bonds is 3. The number of benzene rings is 1. The number of amides is 1. The molecule has 1 amide bonds. The Bertz CT molecular complexity index is 372. The summed E-state index contributed by atoms with van der Waals surface area (Å²) < 4.78 is 5.85. The highest BCUT2D eigenvalue weighted by molar-refractivity contribution is 9.10. The van der Waals surface area contributed by atoms with E-state index in [4.69, 9.17) is 10.5 Å². The monoisotopic (exact) mass is 308 g/mol. The highest BCUT2D eigenvalue weighted by atomic mass is 79.9. The van der Waals surface area contributed by atoms with Crippen molar-refractivity contribution in [2.75, 3.05) is 12.4 Å². The van der Waals surface area contributed by atoms with Crippen LogP contribution in [-0.4, -0.2) is 19.1 Å². The second-order valence-corrected chi connectivity index (χ2v) is 3.98. The van der Waals surface area contributed by atoms with E-state index in [9.17, 15) is 4.79 Å². The van der Waals surface area contributed by atoms with Crippen molar-refractivity contribution >= 4 is 39.9 Å². The number of anilines is 1. The van der Waals surface area contributed by atoms with Crippen LogP contribution in [0, 0.1) is 0 Å². The Morgan fingerprint density at radius 2 is 2.19 bits per heavy atom. The first kappa shape index (κ1) is 15.2. The lowest BCUT2D eigenvalue weighted by atomic mass is 10.2. The minimum absolute atomic E-state index is 0. The van der Waals surface area contributed by atoms with E-state index >= 15 is 0 Å². The highest BCUT2D eigenvalue weighted by Gasteiger charge is 2.08. The zero-order valence-electron chi connectivity index (χ0n) is 8.99. The first-order valence-electron chi connectivity index (χ1n) is 4.44. The lowest BCUT2D eigenvalue weighted by Gasteiger charge is -2.09. The van der Waals surface area contributed by atoms with Crippen molar-refractivity contribution in [1.29, 1.82) is 0 Å². The molecule has 1 rings (SSSR count). The fourth-order valence-electron chi connectivity index (χ4n) is 1.00. The highest BCUT2D eigenvalue weighted by Crippen LogP contribution is 2.27. The van der Waals surface area contributed by atoms with E-state index in [1.54, 1.807) is 32.2 Å². The van der Waals surface area contributed by atoms with Crippen LogP contribution >= 0.6 is 28.3 Å². The number of nitrogens with one attached hydrogen (secondary N) is 1. The molecule has 1 atom stereocenters. The number of carbonyl (C=O) groups excluding carboxylic acids is 1. The van der Waals surface area contributed by atoms with Gasteiger partial charge in [-0.15, -0.1) is 12.4 Å². The zero-order chi connectivity index (χ0) is 11.4. The number of nitrogens with two attached hydrogens (primary N) is 1. The number of halogens is 2. The molecule has 0 aromatic heterocycles. The number of ether oxygens (including phenoxy) is 1. The van der Waals surface area contributed by atoms with Crippen molar-refractivity contribution in [3.05, 3.63) is 22.7 Å². The van der Waals surface area contributed by atoms with Crippen LogP contribution in [0.5, 0.6) is 5.75 Å². The number of methoxy groups -OCH3 is 1. The summed E-state index contributed by atoms with van der Waals surface area (Å²) in [5.74, 6) is 0.501. The van der Waals surface area contributed by atoms with Gasteiger partial charge in [-0.05, 0) is 41.1 Å². The molecule has 90 valence electrons. The Hall–Kier alpha value is -0.780. The Morgan fingerprint density at radius 3 is 2.62 bits per heavy atom. The summed E-state index contributed by atoms with van der Waals surface area (Å²) in [6.07, 6.45) is 0. The second-order valence-electron chi connectivity index (χ2n) is 3.13. The molecule has 16 heavy (non-hydrogen) atoms. The fraction of sp³-hybridized carbons (Fsp3) is 0.300. The quantitative estimate of drug-likeness (QED) is 0.899. The van der Waals surface area contributed by atoms with Crippen molar-refractivity contribution in [3.8, 4) is 5.75 Å². The number of hydrogen-bond acceptors (Lipinski definition) is 3. The van der Waals surface area contributed by atoms with Crippen LogP contribution in [0.15, 0.2) is 22.7 Å². The summed E-state index contributed by atoms with van der Waals surface area (Å²) in [5.41, 5.74) is 6.11. The third-order valence-corrected chi connectivity index (χ3v) is 2.45. The summed E-state index contributed by atoms with van der Waals surface area (Å²) in [6.45, 7) is 1.63. The van der Waals surface area contributed by atoms with E-state index in [2.05, 4.69) is 21.2 Å². The van der Waals surface area contributed by atoms with Gasteiger partial charge < -0.3 is 15.8 Å². The summed E-state index contributed by atoms with van der Waals surface area (Å²) in [5, 5.41) is 2.68. The maximum atomic E-state index is 11.3. The fourth-order valence-corrected chi connectivity index (χ4v) is 1.54. The van der Waals surface area contributed by atoms with Gasteiger partial charge in [-0.3, -0.25) is 4.79 Å². The minimum atomic E-state index is -0.522. The molecule has 1 aromatic carbocycles. The van der Waals surface area contributed by atoms with Crippen LogP contribution < -0.4 is 15.8 Å². The molecule has 1 aromatic rings. The lowest BCUT2D eigenvalue weighted by molar-refractivity contribution is -0.117. The molecular weight excluding hydrogens is 295 g/mol. The molecule has 6 heteroatoms. The summed E-state index contributed by atoms with van der Waals surface area (Å²) in [7, 11) is 1.58. The van der Waals surface area contributed by atoms with Gasteiger partial charge in [0.1, 0.15) is 5.75 Å². The third kappa shape index (κ3) is 4.00. The lowest BCUT2D eigenvalue weighted by Crippen LogP contribution is -2.32. The van der Waals surface area contributed by atoms with Crippen LogP contribution in [0.1, 0.15) is 6.92 Å². The first-order chi connectivity index (χ1) is 7.04. The predicted octanol–water partition coefficient (Wildman–Crippen LogP) is 2.17. The molecule has 3 N–H and O–H groups in total. The van der Waals surface area contributed by atoms with Crippen LogP contribution in [0.3, 0.4) is 0 Å². The van der Waals surface area contributed by atoms with Gasteiger partial charge in [0.15, 0.2) is 0 Å². The van der Waals surface area contributed by atoms with Gasteiger partial charge >= 0.3 is 0 Å². The maximum absolute atomic E-state index is 11.3. The summed E-state index contributed by atoms with van der Waals surface area (Å²) in [6, 6.07) is 4.76. The van der Waals surface area contributed by atoms with E-state index in [1.807, 2.05) is 0 Å². The van der Waals surface area contributed by atoms with Crippen molar-refractivity contribution in [3.63, 3.8) is 0 Å². The summed E-state index contributed by atoms with van der Waals surface area (Å²) in [4.78, 5) is 11.3. The van der Waals surface area contributed by atoms with Gasteiger partial charge in [0.25, 0.3) is 0 Å². The molecule has 0 aliphatic carbocycles. The second kappa shape index (κ2) is 6.73. The van der Waals surface area contributed by atoms with Crippen LogP contribution in [0.4, 0.5) is 5.69 Å². The molecule has 0 radical (unpaired) electrons. The molecule has 0 fully saturated rings.